The molecule has 2 rings (SSSR count). The van der Waals surface area contributed by atoms with Crippen molar-refractivity contribution in [3.63, 3.8) is 0 Å². The highest BCUT2D eigenvalue weighted by Crippen LogP contribution is 2.27. The van der Waals surface area contributed by atoms with Gasteiger partial charge < -0.3 is 18.9 Å². The van der Waals surface area contributed by atoms with Crippen LogP contribution in [0.15, 0.2) is 11.1 Å². The van der Waals surface area contributed by atoms with E-state index in [4.69, 9.17) is 9.47 Å². The predicted octanol–water partition coefficient (Wildman–Crippen LogP) is 1.04. The molecular formula is C15H21N3O4S. The van der Waals surface area contributed by atoms with Crippen LogP contribution in [-0.2, 0) is 16.5 Å². The van der Waals surface area contributed by atoms with E-state index in [2.05, 4.69) is 4.98 Å². The summed E-state index contributed by atoms with van der Waals surface area (Å²) in [5.41, 5.74) is 0.548. The van der Waals surface area contributed by atoms with Crippen LogP contribution in [0.2, 0.25) is 0 Å². The van der Waals surface area contributed by atoms with Crippen molar-refractivity contribution >= 4 is 27.5 Å². The number of thiophene rings is 1. The largest absolute Gasteiger partial charge is 0.383 e. The number of methoxy groups -OCH3 is 2. The van der Waals surface area contributed by atoms with E-state index in [-0.39, 0.29) is 11.5 Å². The first-order chi connectivity index (χ1) is 11.0. The normalized spacial score (nSPS) is 11.1. The molecule has 0 atom stereocenters. The van der Waals surface area contributed by atoms with Crippen LogP contribution in [0.25, 0.3) is 10.2 Å². The van der Waals surface area contributed by atoms with Crippen LogP contribution in [0, 0.1) is 6.92 Å². The summed E-state index contributed by atoms with van der Waals surface area (Å²) in [5, 5.41) is 0.516. The van der Waals surface area contributed by atoms with Gasteiger partial charge in [-0.2, -0.15) is 0 Å². The molecule has 0 bridgehead atoms. The molecule has 7 nitrogen and oxygen atoms in total. The van der Waals surface area contributed by atoms with Crippen LogP contribution in [0.1, 0.15) is 15.2 Å². The minimum Gasteiger partial charge on any atom is -0.383 e. The van der Waals surface area contributed by atoms with Crippen LogP contribution in [0.4, 0.5) is 0 Å². The number of carbonyl (C=O) groups excluding carboxylic acids is 1. The number of aryl methyl sites for hydroxylation is 2. The lowest BCUT2D eigenvalue weighted by atomic mass is 10.2. The van der Waals surface area contributed by atoms with Gasteiger partial charge in [-0.3, -0.25) is 9.59 Å². The van der Waals surface area contributed by atoms with Gasteiger partial charge in [0.15, 0.2) is 0 Å². The van der Waals surface area contributed by atoms with Crippen LogP contribution in [-0.4, -0.2) is 60.9 Å². The summed E-state index contributed by atoms with van der Waals surface area (Å²) in [5.74, 6) is -0.123. The Bertz CT molecular complexity index is 745. The van der Waals surface area contributed by atoms with E-state index in [0.717, 1.165) is 0 Å². The van der Waals surface area contributed by atoms with E-state index in [1.807, 2.05) is 0 Å². The Balaban J connectivity index is 2.40. The standard InChI is InChI=1S/C15H21N3O4S/c1-10-11-13(16-9-17(2)14(11)19)23-12(10)15(20)18(5-7-21-3)6-8-22-4/h9H,5-8H2,1-4H3. The van der Waals surface area contributed by atoms with E-state index in [1.54, 1.807) is 33.1 Å². The smallest absolute Gasteiger partial charge is 0.264 e. The summed E-state index contributed by atoms with van der Waals surface area (Å²) in [4.78, 5) is 32.2. The molecule has 1 amide bonds. The lowest BCUT2D eigenvalue weighted by Crippen LogP contribution is -2.36. The summed E-state index contributed by atoms with van der Waals surface area (Å²) in [6.07, 6.45) is 1.47. The molecule has 0 aliphatic rings. The Morgan fingerprint density at radius 3 is 2.48 bits per heavy atom. The number of hydrogen-bond donors (Lipinski definition) is 0. The zero-order chi connectivity index (χ0) is 17.0. The number of aromatic nitrogens is 2. The van der Waals surface area contributed by atoms with Crippen molar-refractivity contribution in [2.75, 3.05) is 40.5 Å². The summed E-state index contributed by atoms with van der Waals surface area (Å²) in [6.45, 7) is 3.62. The fourth-order valence-electron chi connectivity index (χ4n) is 2.27. The number of fused-ring (bicyclic) bond motifs is 1. The minimum atomic E-state index is -0.136. The Hall–Kier alpha value is -1.77. The van der Waals surface area contributed by atoms with E-state index in [0.29, 0.717) is 47.0 Å². The van der Waals surface area contributed by atoms with Crippen molar-refractivity contribution in [2.24, 2.45) is 7.05 Å². The van der Waals surface area contributed by atoms with Gasteiger partial charge in [0.2, 0.25) is 0 Å². The second kappa shape index (κ2) is 7.67. The van der Waals surface area contributed by atoms with Crippen molar-refractivity contribution in [1.29, 1.82) is 0 Å². The highest BCUT2D eigenvalue weighted by Gasteiger charge is 2.23. The molecule has 0 spiro atoms. The Morgan fingerprint density at radius 1 is 1.30 bits per heavy atom. The quantitative estimate of drug-likeness (QED) is 0.753. The van der Waals surface area contributed by atoms with Crippen LogP contribution in [0.3, 0.4) is 0 Å². The second-order valence-electron chi connectivity index (χ2n) is 5.17. The van der Waals surface area contributed by atoms with E-state index < -0.39 is 0 Å². The van der Waals surface area contributed by atoms with E-state index in [1.165, 1.54) is 22.2 Å². The lowest BCUT2D eigenvalue weighted by Gasteiger charge is -2.21. The van der Waals surface area contributed by atoms with E-state index in [9.17, 15) is 9.59 Å². The van der Waals surface area contributed by atoms with Gasteiger partial charge in [0.05, 0.1) is 29.8 Å². The van der Waals surface area contributed by atoms with Gasteiger partial charge in [0.25, 0.3) is 11.5 Å². The number of ether oxygens (including phenoxy) is 2. The monoisotopic (exact) mass is 339 g/mol. The van der Waals surface area contributed by atoms with E-state index >= 15 is 0 Å². The third kappa shape index (κ3) is 3.60. The summed E-state index contributed by atoms with van der Waals surface area (Å²) < 4.78 is 11.6. The molecular weight excluding hydrogens is 318 g/mol. The highest BCUT2D eigenvalue weighted by atomic mass is 32.1. The van der Waals surface area contributed by atoms with Crippen LogP contribution < -0.4 is 5.56 Å². The number of carbonyl (C=O) groups is 1. The topological polar surface area (TPSA) is 73.7 Å². The lowest BCUT2D eigenvalue weighted by molar-refractivity contribution is 0.0631. The van der Waals surface area contributed by atoms with Crippen molar-refractivity contribution < 1.29 is 14.3 Å². The molecule has 0 saturated carbocycles. The predicted molar refractivity (Wildman–Crippen MR) is 89.3 cm³/mol. The Labute approximate surface area is 138 Å². The third-order valence-corrected chi connectivity index (χ3v) is 4.81. The number of hydrogen-bond acceptors (Lipinski definition) is 6. The maximum atomic E-state index is 12.8. The van der Waals surface area contributed by atoms with Gasteiger partial charge in [-0.05, 0) is 12.5 Å². The van der Waals surface area contributed by atoms with Crippen LogP contribution in [0.5, 0.6) is 0 Å². The molecule has 0 aliphatic carbocycles. The molecule has 2 aromatic rings. The molecule has 0 aliphatic heterocycles. The molecule has 23 heavy (non-hydrogen) atoms. The van der Waals surface area contributed by atoms with Gasteiger partial charge in [-0.1, -0.05) is 0 Å². The summed E-state index contributed by atoms with van der Waals surface area (Å²) in [6, 6.07) is 0. The molecule has 0 unspecified atom stereocenters. The van der Waals surface area contributed by atoms with Gasteiger partial charge >= 0.3 is 0 Å². The van der Waals surface area contributed by atoms with Gasteiger partial charge in [0, 0.05) is 34.4 Å². The Kier molecular flexibility index (Phi) is 5.86. The van der Waals surface area contributed by atoms with Gasteiger partial charge in [-0.15, -0.1) is 11.3 Å². The summed E-state index contributed by atoms with van der Waals surface area (Å²) in [7, 11) is 4.84. The molecule has 2 aromatic heterocycles. The number of amides is 1. The molecule has 8 heteroatoms. The van der Waals surface area contributed by atoms with Crippen molar-refractivity contribution in [3.05, 3.63) is 27.1 Å². The average molecular weight is 339 g/mol. The fourth-order valence-corrected chi connectivity index (χ4v) is 3.38. The average Bonchev–Trinajstić information content (AvgIpc) is 2.88. The molecule has 126 valence electrons. The van der Waals surface area contributed by atoms with Gasteiger partial charge in [-0.25, -0.2) is 4.98 Å². The first kappa shape index (κ1) is 17.6. The third-order valence-electron chi connectivity index (χ3n) is 3.62. The number of nitrogens with zero attached hydrogens (tertiary/aromatic N) is 3. The van der Waals surface area contributed by atoms with Crippen molar-refractivity contribution in [3.8, 4) is 0 Å². The molecule has 0 N–H and O–H groups in total. The number of rotatable bonds is 7. The first-order valence-electron chi connectivity index (χ1n) is 7.23. The zero-order valence-electron chi connectivity index (χ0n) is 13.8. The molecule has 0 fully saturated rings. The van der Waals surface area contributed by atoms with Crippen molar-refractivity contribution in [2.45, 2.75) is 6.92 Å². The molecule has 0 saturated heterocycles. The van der Waals surface area contributed by atoms with Crippen LogP contribution >= 0.6 is 11.3 Å². The highest BCUT2D eigenvalue weighted by molar-refractivity contribution is 7.20. The molecule has 2 heterocycles. The SMILES string of the molecule is COCCN(CCOC)C(=O)c1sc2ncn(C)c(=O)c2c1C. The second-order valence-corrected chi connectivity index (χ2v) is 6.17. The molecule has 0 radical (unpaired) electrons. The maximum Gasteiger partial charge on any atom is 0.264 e. The first-order valence-corrected chi connectivity index (χ1v) is 8.04. The Morgan fingerprint density at radius 2 is 1.91 bits per heavy atom. The van der Waals surface area contributed by atoms with Crippen molar-refractivity contribution in [1.82, 2.24) is 14.5 Å². The minimum absolute atomic E-state index is 0.123. The fraction of sp³-hybridized carbons (Fsp3) is 0.533. The maximum absolute atomic E-state index is 12.8. The van der Waals surface area contributed by atoms with Gasteiger partial charge in [0.1, 0.15) is 4.83 Å². The summed E-state index contributed by atoms with van der Waals surface area (Å²) >= 11 is 1.25. The molecule has 0 aromatic carbocycles. The zero-order valence-corrected chi connectivity index (χ0v) is 14.6.